The highest BCUT2D eigenvalue weighted by Crippen LogP contribution is 2.12. The van der Waals surface area contributed by atoms with Crippen LogP contribution in [0.1, 0.15) is 25.8 Å². The zero-order valence-electron chi connectivity index (χ0n) is 10.9. The van der Waals surface area contributed by atoms with Crippen LogP contribution in [0.3, 0.4) is 0 Å². The molecule has 0 aliphatic heterocycles. The van der Waals surface area contributed by atoms with E-state index in [-0.39, 0.29) is 0 Å². The van der Waals surface area contributed by atoms with Crippen LogP contribution in [0.15, 0.2) is 53.8 Å². The van der Waals surface area contributed by atoms with Gasteiger partial charge in [0.1, 0.15) is 0 Å². The van der Waals surface area contributed by atoms with E-state index in [0.717, 1.165) is 23.3 Å². The molecule has 0 saturated heterocycles. The van der Waals surface area contributed by atoms with Crippen LogP contribution in [0.4, 0.5) is 0 Å². The van der Waals surface area contributed by atoms with Crippen LogP contribution in [0.2, 0.25) is 0 Å². The molecule has 0 radical (unpaired) electrons. The van der Waals surface area contributed by atoms with Crippen molar-refractivity contribution < 1.29 is 5.21 Å². The largest absolute Gasteiger partial charge is 0.308 e. The van der Waals surface area contributed by atoms with Crippen LogP contribution in [-0.4, -0.2) is 16.5 Å². The highest BCUT2D eigenvalue weighted by Gasteiger charge is 2.04. The SMILES string of the molecule is CC/C=C(/C=C(/C)C=N)N(O)Cc1ccccc1. The van der Waals surface area contributed by atoms with Crippen LogP contribution >= 0.6 is 0 Å². The molecule has 0 amide bonds. The van der Waals surface area contributed by atoms with Crippen molar-refractivity contribution >= 4 is 6.21 Å². The molecule has 0 spiro atoms. The summed E-state index contributed by atoms with van der Waals surface area (Å²) in [6.07, 6.45) is 5.86. The van der Waals surface area contributed by atoms with E-state index in [0.29, 0.717) is 6.54 Å². The first-order valence-electron chi connectivity index (χ1n) is 6.06. The molecule has 0 saturated carbocycles. The van der Waals surface area contributed by atoms with Crippen molar-refractivity contribution in [3.8, 4) is 0 Å². The average Bonchev–Trinajstić information content (AvgIpc) is 2.39. The van der Waals surface area contributed by atoms with Gasteiger partial charge in [-0.2, -0.15) is 0 Å². The second-order valence-corrected chi connectivity index (χ2v) is 4.11. The molecule has 1 aromatic carbocycles. The van der Waals surface area contributed by atoms with Gasteiger partial charge in [-0.15, -0.1) is 0 Å². The van der Waals surface area contributed by atoms with Gasteiger partial charge in [0, 0.05) is 6.21 Å². The summed E-state index contributed by atoms with van der Waals surface area (Å²) in [4.78, 5) is 0. The van der Waals surface area contributed by atoms with Crippen molar-refractivity contribution in [1.82, 2.24) is 5.06 Å². The molecule has 0 aromatic heterocycles. The van der Waals surface area contributed by atoms with Crippen molar-refractivity contribution in [2.75, 3.05) is 0 Å². The normalized spacial score (nSPS) is 12.4. The predicted octanol–water partition coefficient (Wildman–Crippen LogP) is 3.77. The van der Waals surface area contributed by atoms with Gasteiger partial charge in [0.25, 0.3) is 0 Å². The van der Waals surface area contributed by atoms with Crippen LogP contribution in [-0.2, 0) is 6.54 Å². The van der Waals surface area contributed by atoms with Gasteiger partial charge >= 0.3 is 0 Å². The second-order valence-electron chi connectivity index (χ2n) is 4.11. The molecular formula is C15H20N2O. The van der Waals surface area contributed by atoms with Gasteiger partial charge in [-0.1, -0.05) is 43.3 Å². The number of allylic oxidation sites excluding steroid dienone is 3. The fraction of sp³-hybridized carbons (Fsp3) is 0.267. The lowest BCUT2D eigenvalue weighted by molar-refractivity contribution is -0.0598. The topological polar surface area (TPSA) is 47.3 Å². The molecule has 18 heavy (non-hydrogen) atoms. The van der Waals surface area contributed by atoms with E-state index in [1.54, 1.807) is 6.08 Å². The molecule has 96 valence electrons. The predicted molar refractivity (Wildman–Crippen MR) is 74.7 cm³/mol. The molecule has 0 fully saturated rings. The van der Waals surface area contributed by atoms with Gasteiger partial charge in [-0.25, -0.2) is 0 Å². The van der Waals surface area contributed by atoms with E-state index in [2.05, 4.69) is 0 Å². The fourth-order valence-electron chi connectivity index (χ4n) is 1.57. The molecule has 0 unspecified atom stereocenters. The standard InChI is InChI=1S/C15H20N2O/c1-3-7-15(10-13(2)11-16)17(18)12-14-8-5-4-6-9-14/h4-11,16,18H,3,12H2,1-2H3/b13-10-,15-7-,16-11?. The highest BCUT2D eigenvalue weighted by atomic mass is 16.5. The number of hydroxylamine groups is 2. The van der Waals surface area contributed by atoms with Gasteiger partial charge < -0.3 is 5.41 Å². The number of hydrogen-bond donors (Lipinski definition) is 2. The van der Waals surface area contributed by atoms with Crippen LogP contribution in [0.25, 0.3) is 0 Å². The first-order chi connectivity index (χ1) is 8.67. The van der Waals surface area contributed by atoms with E-state index in [9.17, 15) is 5.21 Å². The highest BCUT2D eigenvalue weighted by molar-refractivity contribution is 5.75. The Morgan fingerprint density at radius 3 is 2.56 bits per heavy atom. The summed E-state index contributed by atoms with van der Waals surface area (Å²) in [6, 6.07) is 9.79. The van der Waals surface area contributed by atoms with Gasteiger partial charge in [-0.3, -0.25) is 10.3 Å². The molecule has 0 aliphatic rings. The Morgan fingerprint density at radius 1 is 1.33 bits per heavy atom. The zero-order valence-corrected chi connectivity index (χ0v) is 10.9. The lowest BCUT2D eigenvalue weighted by atomic mass is 10.2. The summed E-state index contributed by atoms with van der Waals surface area (Å²) in [5.74, 6) is 0. The summed E-state index contributed by atoms with van der Waals surface area (Å²) in [6.45, 7) is 4.30. The maximum atomic E-state index is 10.1. The van der Waals surface area contributed by atoms with Crippen molar-refractivity contribution in [2.24, 2.45) is 0 Å². The van der Waals surface area contributed by atoms with Crippen molar-refractivity contribution in [2.45, 2.75) is 26.8 Å². The van der Waals surface area contributed by atoms with E-state index in [1.165, 1.54) is 11.3 Å². The summed E-state index contributed by atoms with van der Waals surface area (Å²) >= 11 is 0. The summed E-state index contributed by atoms with van der Waals surface area (Å²) in [7, 11) is 0. The Morgan fingerprint density at radius 2 is 2.00 bits per heavy atom. The molecule has 0 aliphatic carbocycles. The van der Waals surface area contributed by atoms with E-state index in [1.807, 2.05) is 50.3 Å². The fourth-order valence-corrected chi connectivity index (χ4v) is 1.57. The minimum Gasteiger partial charge on any atom is -0.308 e. The number of nitrogens with zero attached hydrogens (tertiary/aromatic N) is 1. The Hall–Kier alpha value is -1.87. The van der Waals surface area contributed by atoms with Crippen LogP contribution in [0, 0.1) is 5.41 Å². The van der Waals surface area contributed by atoms with E-state index < -0.39 is 0 Å². The maximum absolute atomic E-state index is 10.1. The third-order valence-electron chi connectivity index (χ3n) is 2.49. The number of hydrogen-bond acceptors (Lipinski definition) is 3. The van der Waals surface area contributed by atoms with Crippen molar-refractivity contribution in [3.63, 3.8) is 0 Å². The molecule has 3 heteroatoms. The molecular weight excluding hydrogens is 224 g/mol. The van der Waals surface area contributed by atoms with Crippen LogP contribution in [0.5, 0.6) is 0 Å². The monoisotopic (exact) mass is 244 g/mol. The Bertz CT molecular complexity index is 435. The maximum Gasteiger partial charge on any atom is 0.0703 e. The van der Waals surface area contributed by atoms with E-state index >= 15 is 0 Å². The molecule has 1 rings (SSSR count). The molecule has 0 atom stereocenters. The van der Waals surface area contributed by atoms with Crippen molar-refractivity contribution in [3.05, 3.63) is 59.3 Å². The van der Waals surface area contributed by atoms with Crippen LogP contribution < -0.4 is 0 Å². The number of rotatable bonds is 6. The lowest BCUT2D eigenvalue weighted by Crippen LogP contribution is -2.17. The Labute approximate surface area is 109 Å². The molecule has 0 heterocycles. The minimum absolute atomic E-state index is 0.439. The molecule has 1 aromatic rings. The smallest absolute Gasteiger partial charge is 0.0703 e. The van der Waals surface area contributed by atoms with Gasteiger partial charge in [0.2, 0.25) is 0 Å². The zero-order chi connectivity index (χ0) is 13.4. The molecule has 2 N–H and O–H groups in total. The Balaban J connectivity index is 2.81. The number of nitrogens with one attached hydrogen (secondary N) is 1. The first-order valence-corrected chi connectivity index (χ1v) is 6.06. The van der Waals surface area contributed by atoms with Gasteiger partial charge in [0.05, 0.1) is 12.2 Å². The minimum atomic E-state index is 0.439. The lowest BCUT2D eigenvalue weighted by Gasteiger charge is -2.18. The summed E-state index contributed by atoms with van der Waals surface area (Å²) < 4.78 is 0. The third kappa shape index (κ3) is 4.55. The van der Waals surface area contributed by atoms with Gasteiger partial charge in [0.15, 0.2) is 0 Å². The first kappa shape index (κ1) is 14.2. The molecule has 0 bridgehead atoms. The Kier molecular flexibility index (Phi) is 5.88. The molecule has 3 nitrogen and oxygen atoms in total. The summed E-state index contributed by atoms with van der Waals surface area (Å²) in [5.41, 5.74) is 2.58. The average molecular weight is 244 g/mol. The third-order valence-corrected chi connectivity index (χ3v) is 2.49. The van der Waals surface area contributed by atoms with Gasteiger partial charge in [-0.05, 0) is 30.6 Å². The number of benzene rings is 1. The second kappa shape index (κ2) is 7.45. The quantitative estimate of drug-likeness (QED) is 0.454. The summed E-state index contributed by atoms with van der Waals surface area (Å²) in [5, 5.41) is 18.5. The van der Waals surface area contributed by atoms with Crippen molar-refractivity contribution in [1.29, 1.82) is 5.41 Å². The van der Waals surface area contributed by atoms with E-state index in [4.69, 9.17) is 5.41 Å².